The number of rotatable bonds is 2. The molecule has 1 heterocycles. The van der Waals surface area contributed by atoms with Crippen LogP contribution in [0.1, 0.15) is 56.1 Å². The van der Waals surface area contributed by atoms with Crippen molar-refractivity contribution in [3.8, 4) is 5.75 Å². The Balaban J connectivity index is 1.61. The predicted octanol–water partition coefficient (Wildman–Crippen LogP) is 3.26. The summed E-state index contributed by atoms with van der Waals surface area (Å²) in [4.78, 5) is 27.8. The summed E-state index contributed by atoms with van der Waals surface area (Å²) >= 11 is 0. The van der Waals surface area contributed by atoms with Crippen LogP contribution < -0.4 is 4.74 Å². The molecule has 0 N–H and O–H groups in total. The molecule has 0 radical (unpaired) electrons. The molecule has 1 aromatic rings. The van der Waals surface area contributed by atoms with Crippen molar-refractivity contribution >= 4 is 11.7 Å². The number of ether oxygens (including phenoxy) is 1. The maximum atomic E-state index is 13.1. The zero-order valence-corrected chi connectivity index (χ0v) is 15.5. The number of Topliss-reactive ketones (excluding diaryl/α,β-unsaturated/α-hetero) is 1. The van der Waals surface area contributed by atoms with Gasteiger partial charge in [-0.1, -0.05) is 18.6 Å². The SMILES string of the molecule is COc1cccc2c1[C@]13CCN(C(=O)C4CCC4)[C@H](C2)[C@@H]1CCC(=O)C3. The summed E-state index contributed by atoms with van der Waals surface area (Å²) in [6.07, 6.45) is 7.30. The molecule has 0 spiro atoms. The van der Waals surface area contributed by atoms with Gasteiger partial charge in [-0.15, -0.1) is 0 Å². The molecule has 4 heteroatoms. The fourth-order valence-corrected chi connectivity index (χ4v) is 6.22. The number of piperidine rings is 1. The molecule has 1 amide bonds. The fourth-order valence-electron chi connectivity index (χ4n) is 6.22. The van der Waals surface area contributed by atoms with Crippen molar-refractivity contribution in [2.45, 2.75) is 62.8 Å². The second kappa shape index (κ2) is 5.83. The molecule has 1 saturated heterocycles. The predicted molar refractivity (Wildman–Crippen MR) is 98.2 cm³/mol. The average molecular weight is 353 g/mol. The van der Waals surface area contributed by atoms with Crippen LogP contribution in [0.15, 0.2) is 18.2 Å². The summed E-state index contributed by atoms with van der Waals surface area (Å²) in [7, 11) is 1.73. The van der Waals surface area contributed by atoms with Crippen molar-refractivity contribution < 1.29 is 14.3 Å². The van der Waals surface area contributed by atoms with Gasteiger partial charge < -0.3 is 9.64 Å². The van der Waals surface area contributed by atoms with Gasteiger partial charge in [0.25, 0.3) is 0 Å². The summed E-state index contributed by atoms with van der Waals surface area (Å²) in [5.41, 5.74) is 2.43. The number of amides is 1. The highest BCUT2D eigenvalue weighted by atomic mass is 16.5. The van der Waals surface area contributed by atoms with E-state index in [-0.39, 0.29) is 17.4 Å². The van der Waals surface area contributed by atoms with E-state index in [2.05, 4.69) is 11.0 Å². The molecule has 1 aromatic carbocycles. The van der Waals surface area contributed by atoms with Gasteiger partial charge in [-0.3, -0.25) is 9.59 Å². The Labute approximate surface area is 154 Å². The van der Waals surface area contributed by atoms with Gasteiger partial charge in [0.1, 0.15) is 11.5 Å². The molecular weight excluding hydrogens is 326 g/mol. The average Bonchev–Trinajstić information content (AvgIpc) is 2.59. The highest BCUT2D eigenvalue weighted by molar-refractivity contribution is 5.83. The number of carbonyl (C=O) groups excluding carboxylic acids is 2. The van der Waals surface area contributed by atoms with E-state index >= 15 is 0 Å². The lowest BCUT2D eigenvalue weighted by Gasteiger charge is -2.59. The first kappa shape index (κ1) is 16.3. The summed E-state index contributed by atoms with van der Waals surface area (Å²) in [6, 6.07) is 6.52. The Hall–Kier alpha value is -1.84. The standard InChI is InChI=1S/C22H27NO3/c1-26-19-7-3-6-15-12-18-17-9-8-16(24)13-22(17,20(15)19)10-11-23(18)21(25)14-4-2-5-14/h3,6-7,14,17-18H,2,4-5,8-13H2,1H3/t17-,18+,22-/m0/s1. The first-order chi connectivity index (χ1) is 12.6. The van der Waals surface area contributed by atoms with Crippen LogP contribution in [0.25, 0.3) is 0 Å². The Bertz CT molecular complexity index is 769. The molecule has 1 aliphatic heterocycles. The third-order valence-electron chi connectivity index (χ3n) is 7.62. The number of ketones is 1. The first-order valence-electron chi connectivity index (χ1n) is 10.1. The van der Waals surface area contributed by atoms with Crippen molar-refractivity contribution in [2.24, 2.45) is 11.8 Å². The van der Waals surface area contributed by atoms with Crippen LogP contribution in [-0.2, 0) is 21.4 Å². The van der Waals surface area contributed by atoms with E-state index in [1.165, 1.54) is 17.5 Å². The molecule has 3 atom stereocenters. The van der Waals surface area contributed by atoms with E-state index < -0.39 is 0 Å². The van der Waals surface area contributed by atoms with E-state index in [0.29, 0.717) is 30.4 Å². The third-order valence-corrected chi connectivity index (χ3v) is 7.62. The van der Waals surface area contributed by atoms with Crippen LogP contribution >= 0.6 is 0 Å². The van der Waals surface area contributed by atoms with Crippen molar-refractivity contribution in [1.29, 1.82) is 0 Å². The fraction of sp³-hybridized carbons (Fsp3) is 0.636. The van der Waals surface area contributed by atoms with Gasteiger partial charge in [0, 0.05) is 42.3 Å². The van der Waals surface area contributed by atoms with Crippen LogP contribution in [0, 0.1) is 11.8 Å². The highest BCUT2D eigenvalue weighted by Crippen LogP contribution is 2.57. The van der Waals surface area contributed by atoms with Crippen LogP contribution in [0.3, 0.4) is 0 Å². The molecule has 0 aromatic heterocycles. The third kappa shape index (κ3) is 2.14. The van der Waals surface area contributed by atoms with Crippen molar-refractivity contribution in [1.82, 2.24) is 4.90 Å². The molecule has 2 bridgehead atoms. The second-order valence-electron chi connectivity index (χ2n) is 8.69. The van der Waals surface area contributed by atoms with Crippen LogP contribution in [0.5, 0.6) is 5.75 Å². The van der Waals surface area contributed by atoms with Gasteiger partial charge in [-0.25, -0.2) is 0 Å². The van der Waals surface area contributed by atoms with E-state index in [1.807, 2.05) is 12.1 Å². The number of carbonyl (C=O) groups is 2. The summed E-state index contributed by atoms with van der Waals surface area (Å²) in [5.74, 6) is 2.32. The normalized spacial score (nSPS) is 33.1. The zero-order valence-electron chi connectivity index (χ0n) is 15.5. The first-order valence-corrected chi connectivity index (χ1v) is 10.1. The lowest BCUT2D eigenvalue weighted by Crippen LogP contribution is -2.64. The van der Waals surface area contributed by atoms with E-state index in [0.717, 1.165) is 44.4 Å². The van der Waals surface area contributed by atoms with Crippen molar-refractivity contribution in [3.05, 3.63) is 29.3 Å². The van der Waals surface area contributed by atoms with Crippen LogP contribution in [-0.4, -0.2) is 36.3 Å². The Kier molecular flexibility index (Phi) is 3.67. The number of hydrogen-bond donors (Lipinski definition) is 0. The monoisotopic (exact) mass is 353 g/mol. The molecule has 5 rings (SSSR count). The second-order valence-corrected chi connectivity index (χ2v) is 8.69. The minimum atomic E-state index is -0.128. The maximum absolute atomic E-state index is 13.1. The molecule has 0 unspecified atom stereocenters. The number of likely N-dealkylation sites (tertiary alicyclic amines) is 1. The van der Waals surface area contributed by atoms with Crippen LogP contribution in [0.2, 0.25) is 0 Å². The van der Waals surface area contributed by atoms with Gasteiger partial charge >= 0.3 is 0 Å². The molecule has 2 saturated carbocycles. The number of fused-ring (bicyclic) bond motifs is 1. The minimum Gasteiger partial charge on any atom is -0.496 e. The van der Waals surface area contributed by atoms with E-state index in [9.17, 15) is 9.59 Å². The Morgan fingerprint density at radius 1 is 1.27 bits per heavy atom. The number of benzene rings is 1. The quantitative estimate of drug-likeness (QED) is 0.820. The number of hydrogen-bond acceptors (Lipinski definition) is 3. The number of nitrogens with zero attached hydrogens (tertiary/aromatic N) is 1. The molecule has 4 nitrogen and oxygen atoms in total. The summed E-state index contributed by atoms with van der Waals surface area (Å²) in [6.45, 7) is 0.793. The Morgan fingerprint density at radius 3 is 2.85 bits per heavy atom. The number of methoxy groups -OCH3 is 1. The topological polar surface area (TPSA) is 46.6 Å². The smallest absolute Gasteiger partial charge is 0.225 e. The van der Waals surface area contributed by atoms with Gasteiger partial charge in [0.05, 0.1) is 7.11 Å². The lowest BCUT2D eigenvalue weighted by atomic mass is 9.52. The lowest BCUT2D eigenvalue weighted by molar-refractivity contribution is -0.148. The zero-order chi connectivity index (χ0) is 17.9. The van der Waals surface area contributed by atoms with Gasteiger partial charge in [0.2, 0.25) is 5.91 Å². The van der Waals surface area contributed by atoms with Gasteiger partial charge in [0.15, 0.2) is 0 Å². The van der Waals surface area contributed by atoms with E-state index in [4.69, 9.17) is 4.74 Å². The molecule has 3 fully saturated rings. The molecule has 26 heavy (non-hydrogen) atoms. The van der Waals surface area contributed by atoms with Gasteiger partial charge in [-0.05, 0) is 49.7 Å². The van der Waals surface area contributed by atoms with E-state index in [1.54, 1.807) is 7.11 Å². The summed E-state index contributed by atoms with van der Waals surface area (Å²) in [5, 5.41) is 0. The minimum absolute atomic E-state index is 0.128. The largest absolute Gasteiger partial charge is 0.496 e. The Morgan fingerprint density at radius 2 is 2.12 bits per heavy atom. The maximum Gasteiger partial charge on any atom is 0.225 e. The van der Waals surface area contributed by atoms with Crippen molar-refractivity contribution in [2.75, 3.05) is 13.7 Å². The van der Waals surface area contributed by atoms with Crippen molar-refractivity contribution in [3.63, 3.8) is 0 Å². The molecule has 138 valence electrons. The molecular formula is C22H27NO3. The summed E-state index contributed by atoms with van der Waals surface area (Å²) < 4.78 is 5.73. The molecule has 3 aliphatic carbocycles. The molecule has 4 aliphatic rings. The van der Waals surface area contributed by atoms with Gasteiger partial charge in [-0.2, -0.15) is 0 Å². The highest BCUT2D eigenvalue weighted by Gasteiger charge is 2.57. The van der Waals surface area contributed by atoms with Crippen LogP contribution in [0.4, 0.5) is 0 Å².